The van der Waals surface area contributed by atoms with Gasteiger partial charge in [0, 0.05) is 24.0 Å². The van der Waals surface area contributed by atoms with Crippen LogP contribution in [0.4, 0.5) is 11.4 Å². The third kappa shape index (κ3) is 2.91. The van der Waals surface area contributed by atoms with Crippen molar-refractivity contribution in [3.63, 3.8) is 0 Å². The van der Waals surface area contributed by atoms with E-state index in [0.717, 1.165) is 16.9 Å². The van der Waals surface area contributed by atoms with E-state index < -0.39 is 0 Å². The van der Waals surface area contributed by atoms with Gasteiger partial charge in [-0.1, -0.05) is 13.0 Å². The van der Waals surface area contributed by atoms with Crippen molar-refractivity contribution in [2.24, 2.45) is 5.92 Å². The van der Waals surface area contributed by atoms with E-state index in [1.807, 2.05) is 13.0 Å². The number of hydrogen-bond donors (Lipinski definition) is 2. The zero-order valence-electron chi connectivity index (χ0n) is 11.0. The van der Waals surface area contributed by atoms with Crippen molar-refractivity contribution in [2.45, 2.75) is 26.3 Å². The van der Waals surface area contributed by atoms with Crippen LogP contribution in [0.25, 0.3) is 0 Å². The molecule has 17 heavy (non-hydrogen) atoms. The summed E-state index contributed by atoms with van der Waals surface area (Å²) in [6.07, 6.45) is 1.20. The van der Waals surface area contributed by atoms with Crippen LogP contribution in [0.3, 0.4) is 0 Å². The van der Waals surface area contributed by atoms with Gasteiger partial charge in [-0.25, -0.2) is 0 Å². The smallest absolute Gasteiger partial charge is 0.0364 e. The van der Waals surface area contributed by atoms with E-state index in [1.54, 1.807) is 0 Å². The van der Waals surface area contributed by atoms with Gasteiger partial charge < -0.3 is 16.0 Å². The number of nitrogen functional groups attached to an aromatic ring is 1. The second kappa shape index (κ2) is 4.96. The van der Waals surface area contributed by atoms with Crippen LogP contribution in [0, 0.1) is 12.8 Å². The van der Waals surface area contributed by atoms with Crippen molar-refractivity contribution >= 4 is 11.4 Å². The largest absolute Gasteiger partial charge is 0.398 e. The Morgan fingerprint density at radius 3 is 2.82 bits per heavy atom. The molecule has 0 spiro atoms. The fourth-order valence-corrected chi connectivity index (χ4v) is 2.51. The van der Waals surface area contributed by atoms with Crippen molar-refractivity contribution in [1.29, 1.82) is 0 Å². The first-order chi connectivity index (χ1) is 8.06. The molecular weight excluding hydrogens is 210 g/mol. The molecule has 0 bridgehead atoms. The lowest BCUT2D eigenvalue weighted by molar-refractivity contribution is 0.206. The van der Waals surface area contributed by atoms with E-state index in [4.69, 9.17) is 5.73 Å². The van der Waals surface area contributed by atoms with Gasteiger partial charge in [0.15, 0.2) is 0 Å². The van der Waals surface area contributed by atoms with Gasteiger partial charge in [0.25, 0.3) is 0 Å². The lowest BCUT2D eigenvalue weighted by Gasteiger charge is -2.35. The second-order valence-electron chi connectivity index (χ2n) is 5.35. The van der Waals surface area contributed by atoms with Crippen molar-refractivity contribution in [3.8, 4) is 0 Å². The summed E-state index contributed by atoms with van der Waals surface area (Å²) in [5.41, 5.74) is 9.10. The Morgan fingerprint density at radius 2 is 2.18 bits per heavy atom. The predicted octanol–water partition coefficient (Wildman–Crippen LogP) is 2.33. The highest BCUT2D eigenvalue weighted by molar-refractivity contribution is 5.58. The zero-order valence-corrected chi connectivity index (χ0v) is 11.0. The molecule has 3 nitrogen and oxygen atoms in total. The highest BCUT2D eigenvalue weighted by atomic mass is 15.1. The van der Waals surface area contributed by atoms with E-state index >= 15 is 0 Å². The number of benzene rings is 1. The van der Waals surface area contributed by atoms with Crippen LogP contribution < -0.4 is 11.1 Å². The third-order valence-corrected chi connectivity index (χ3v) is 3.74. The number of piperidine rings is 1. The summed E-state index contributed by atoms with van der Waals surface area (Å²) >= 11 is 0. The summed E-state index contributed by atoms with van der Waals surface area (Å²) in [5.74, 6) is 0.677. The number of nitrogens with zero attached hydrogens (tertiary/aromatic N) is 1. The minimum absolute atomic E-state index is 0.563. The number of likely N-dealkylation sites (tertiary alicyclic amines) is 1. The molecule has 3 heteroatoms. The highest BCUT2D eigenvalue weighted by Crippen LogP contribution is 2.23. The Balaban J connectivity index is 2.02. The zero-order chi connectivity index (χ0) is 12.4. The average Bonchev–Trinajstić information content (AvgIpc) is 2.27. The Bertz CT molecular complexity index is 389. The standard InChI is InChI=1S/C14H23N3/c1-10-4-5-12(8-13(10)15)16-14-6-7-17(3)9-11(14)2/h4-5,8,11,14,16H,6-7,9,15H2,1-3H3. The maximum Gasteiger partial charge on any atom is 0.0364 e. The molecule has 2 rings (SSSR count). The Morgan fingerprint density at radius 1 is 1.41 bits per heavy atom. The summed E-state index contributed by atoms with van der Waals surface area (Å²) in [6, 6.07) is 6.81. The molecule has 0 saturated carbocycles. The maximum absolute atomic E-state index is 5.93. The van der Waals surface area contributed by atoms with Gasteiger partial charge in [0.1, 0.15) is 0 Å². The number of anilines is 2. The lowest BCUT2D eigenvalue weighted by Crippen LogP contribution is -2.43. The fraction of sp³-hybridized carbons (Fsp3) is 0.571. The molecular formula is C14H23N3. The average molecular weight is 233 g/mol. The van der Waals surface area contributed by atoms with Crippen LogP contribution in [0.2, 0.25) is 0 Å². The Labute approximate surface area is 104 Å². The van der Waals surface area contributed by atoms with Crippen LogP contribution in [-0.4, -0.2) is 31.1 Å². The van der Waals surface area contributed by atoms with E-state index in [2.05, 4.69) is 36.3 Å². The molecule has 1 fully saturated rings. The molecule has 1 aromatic carbocycles. The van der Waals surface area contributed by atoms with Gasteiger partial charge in [0.2, 0.25) is 0 Å². The topological polar surface area (TPSA) is 41.3 Å². The van der Waals surface area contributed by atoms with E-state index in [9.17, 15) is 0 Å². The summed E-state index contributed by atoms with van der Waals surface area (Å²) in [4.78, 5) is 2.40. The second-order valence-corrected chi connectivity index (χ2v) is 5.35. The van der Waals surface area contributed by atoms with E-state index in [1.165, 1.54) is 19.5 Å². The van der Waals surface area contributed by atoms with Crippen LogP contribution in [0.1, 0.15) is 18.9 Å². The van der Waals surface area contributed by atoms with Crippen molar-refractivity contribution in [2.75, 3.05) is 31.2 Å². The summed E-state index contributed by atoms with van der Waals surface area (Å²) in [7, 11) is 2.19. The van der Waals surface area contributed by atoms with Gasteiger partial charge in [-0.3, -0.25) is 0 Å². The van der Waals surface area contributed by atoms with Gasteiger partial charge in [-0.05, 0) is 50.6 Å². The first kappa shape index (κ1) is 12.2. The molecule has 0 aliphatic carbocycles. The molecule has 0 aromatic heterocycles. The predicted molar refractivity (Wildman–Crippen MR) is 74.3 cm³/mol. The Hall–Kier alpha value is -1.22. The first-order valence-corrected chi connectivity index (χ1v) is 6.37. The van der Waals surface area contributed by atoms with Crippen LogP contribution in [0.15, 0.2) is 18.2 Å². The normalized spacial score (nSPS) is 25.8. The SMILES string of the molecule is Cc1ccc(NC2CCN(C)CC2C)cc1N. The lowest BCUT2D eigenvalue weighted by atomic mass is 9.94. The first-order valence-electron chi connectivity index (χ1n) is 6.37. The summed E-state index contributed by atoms with van der Waals surface area (Å²) in [5, 5.41) is 3.61. The van der Waals surface area contributed by atoms with Crippen molar-refractivity contribution < 1.29 is 0 Å². The molecule has 1 saturated heterocycles. The molecule has 1 aliphatic rings. The number of nitrogens with two attached hydrogens (primary N) is 1. The molecule has 1 aromatic rings. The number of nitrogens with one attached hydrogen (secondary N) is 1. The number of rotatable bonds is 2. The molecule has 94 valence electrons. The fourth-order valence-electron chi connectivity index (χ4n) is 2.51. The van der Waals surface area contributed by atoms with Crippen molar-refractivity contribution in [1.82, 2.24) is 4.90 Å². The molecule has 2 atom stereocenters. The number of aryl methyl sites for hydroxylation is 1. The minimum Gasteiger partial charge on any atom is -0.398 e. The number of hydrogen-bond acceptors (Lipinski definition) is 3. The molecule has 0 radical (unpaired) electrons. The maximum atomic E-state index is 5.93. The van der Waals surface area contributed by atoms with Crippen molar-refractivity contribution in [3.05, 3.63) is 23.8 Å². The Kier molecular flexibility index (Phi) is 3.57. The van der Waals surface area contributed by atoms with Gasteiger partial charge in [0.05, 0.1) is 0 Å². The molecule has 0 amide bonds. The molecule has 3 N–H and O–H groups in total. The van der Waals surface area contributed by atoms with Gasteiger partial charge in [-0.2, -0.15) is 0 Å². The quantitative estimate of drug-likeness (QED) is 0.770. The molecule has 1 heterocycles. The van der Waals surface area contributed by atoms with E-state index in [-0.39, 0.29) is 0 Å². The van der Waals surface area contributed by atoms with Crippen LogP contribution in [-0.2, 0) is 0 Å². The third-order valence-electron chi connectivity index (χ3n) is 3.74. The van der Waals surface area contributed by atoms with Crippen LogP contribution in [0.5, 0.6) is 0 Å². The minimum atomic E-state index is 0.563. The van der Waals surface area contributed by atoms with Crippen LogP contribution >= 0.6 is 0 Å². The van der Waals surface area contributed by atoms with E-state index in [0.29, 0.717) is 12.0 Å². The van der Waals surface area contributed by atoms with Gasteiger partial charge in [-0.15, -0.1) is 0 Å². The monoisotopic (exact) mass is 233 g/mol. The highest BCUT2D eigenvalue weighted by Gasteiger charge is 2.23. The summed E-state index contributed by atoms with van der Waals surface area (Å²) < 4.78 is 0. The summed E-state index contributed by atoms with van der Waals surface area (Å²) in [6.45, 7) is 6.69. The molecule has 1 aliphatic heterocycles. The van der Waals surface area contributed by atoms with Gasteiger partial charge >= 0.3 is 0 Å². The molecule has 2 unspecified atom stereocenters.